The van der Waals surface area contributed by atoms with Gasteiger partial charge in [-0.1, -0.05) is 0 Å². The molecule has 1 heterocycles. The summed E-state index contributed by atoms with van der Waals surface area (Å²) in [5, 5.41) is 0. The fourth-order valence-corrected chi connectivity index (χ4v) is 1.95. The molecule has 1 aromatic carbocycles. The van der Waals surface area contributed by atoms with Gasteiger partial charge in [0.25, 0.3) is 0 Å². The van der Waals surface area contributed by atoms with E-state index in [9.17, 15) is 18.0 Å². The van der Waals surface area contributed by atoms with Crippen molar-refractivity contribution in [3.63, 3.8) is 0 Å². The summed E-state index contributed by atoms with van der Waals surface area (Å²) in [6.45, 7) is 0. The number of sulfonamides is 1. The third kappa shape index (κ3) is 2.53. The Morgan fingerprint density at radius 1 is 1.06 bits per heavy atom. The SMILES string of the molecule is CS(=O)(=O)Nc1ccc2[nH]c(=O)c(=O)[nH]c2c1. The van der Waals surface area contributed by atoms with Crippen LogP contribution in [0, 0.1) is 0 Å². The smallest absolute Gasteiger partial charge is 0.314 e. The van der Waals surface area contributed by atoms with Gasteiger partial charge in [-0.3, -0.25) is 14.3 Å². The molecular formula is C9H9N3O4S. The van der Waals surface area contributed by atoms with Gasteiger partial charge in [0.15, 0.2) is 0 Å². The van der Waals surface area contributed by atoms with Crippen LogP contribution >= 0.6 is 0 Å². The van der Waals surface area contributed by atoms with Crippen molar-refractivity contribution in [2.45, 2.75) is 0 Å². The number of H-pyrrole nitrogens is 2. The predicted octanol–water partition coefficient (Wildman–Crippen LogP) is -0.412. The Balaban J connectivity index is 2.62. The molecule has 0 amide bonds. The normalized spacial score (nSPS) is 11.6. The van der Waals surface area contributed by atoms with E-state index in [0.717, 1.165) is 6.26 Å². The summed E-state index contributed by atoms with van der Waals surface area (Å²) in [5.74, 6) is 0. The minimum atomic E-state index is -3.38. The third-order valence-corrected chi connectivity index (χ3v) is 2.63. The number of aromatic nitrogens is 2. The summed E-state index contributed by atoms with van der Waals surface area (Å²) in [6, 6.07) is 4.41. The second-order valence-electron chi connectivity index (χ2n) is 3.54. The molecule has 0 radical (unpaired) electrons. The highest BCUT2D eigenvalue weighted by molar-refractivity contribution is 7.92. The van der Waals surface area contributed by atoms with E-state index in [0.29, 0.717) is 16.7 Å². The van der Waals surface area contributed by atoms with Gasteiger partial charge in [-0.15, -0.1) is 0 Å². The quantitative estimate of drug-likeness (QED) is 0.633. The van der Waals surface area contributed by atoms with Crippen molar-refractivity contribution in [1.29, 1.82) is 0 Å². The van der Waals surface area contributed by atoms with Crippen LogP contribution in [-0.4, -0.2) is 24.6 Å². The molecule has 0 aliphatic rings. The Kier molecular flexibility index (Phi) is 2.50. The maximum absolute atomic E-state index is 11.1. The van der Waals surface area contributed by atoms with Crippen LogP contribution in [0.2, 0.25) is 0 Å². The molecule has 2 rings (SSSR count). The van der Waals surface area contributed by atoms with Gasteiger partial charge < -0.3 is 9.97 Å². The van der Waals surface area contributed by atoms with Gasteiger partial charge in [-0.2, -0.15) is 0 Å². The first kappa shape index (κ1) is 11.4. The number of aromatic amines is 2. The summed E-state index contributed by atoms with van der Waals surface area (Å²) in [6.07, 6.45) is 1.02. The van der Waals surface area contributed by atoms with Crippen molar-refractivity contribution >= 4 is 26.7 Å². The maximum Gasteiger partial charge on any atom is 0.314 e. The Labute approximate surface area is 95.6 Å². The van der Waals surface area contributed by atoms with Crippen LogP contribution in [0.15, 0.2) is 27.8 Å². The lowest BCUT2D eigenvalue weighted by Crippen LogP contribution is -2.28. The Morgan fingerprint density at radius 3 is 2.24 bits per heavy atom. The van der Waals surface area contributed by atoms with Crippen LogP contribution in [-0.2, 0) is 10.0 Å². The maximum atomic E-state index is 11.1. The number of anilines is 1. The van der Waals surface area contributed by atoms with Crippen molar-refractivity contribution in [3.8, 4) is 0 Å². The molecule has 17 heavy (non-hydrogen) atoms. The van der Waals surface area contributed by atoms with Crippen molar-refractivity contribution in [1.82, 2.24) is 9.97 Å². The number of benzene rings is 1. The molecule has 0 aliphatic heterocycles. The highest BCUT2D eigenvalue weighted by atomic mass is 32.2. The minimum Gasteiger partial charge on any atom is -0.316 e. The van der Waals surface area contributed by atoms with E-state index < -0.39 is 21.1 Å². The molecule has 0 aliphatic carbocycles. The van der Waals surface area contributed by atoms with Crippen molar-refractivity contribution in [3.05, 3.63) is 38.9 Å². The molecule has 0 saturated heterocycles. The van der Waals surface area contributed by atoms with Gasteiger partial charge in [0.1, 0.15) is 0 Å². The predicted molar refractivity (Wildman–Crippen MR) is 63.7 cm³/mol. The fourth-order valence-electron chi connectivity index (χ4n) is 1.39. The molecule has 7 nitrogen and oxygen atoms in total. The zero-order valence-electron chi connectivity index (χ0n) is 8.77. The van der Waals surface area contributed by atoms with Crippen LogP contribution in [0.5, 0.6) is 0 Å². The monoisotopic (exact) mass is 255 g/mol. The lowest BCUT2D eigenvalue weighted by atomic mass is 10.3. The number of nitrogens with one attached hydrogen (secondary N) is 3. The van der Waals surface area contributed by atoms with Gasteiger partial charge >= 0.3 is 11.1 Å². The summed E-state index contributed by atoms with van der Waals surface area (Å²) in [4.78, 5) is 26.8. The molecule has 3 N–H and O–H groups in total. The number of hydrogen-bond acceptors (Lipinski definition) is 4. The van der Waals surface area contributed by atoms with Crippen LogP contribution in [0.1, 0.15) is 0 Å². The van der Waals surface area contributed by atoms with Crippen LogP contribution < -0.4 is 15.8 Å². The zero-order chi connectivity index (χ0) is 12.6. The number of fused-ring (bicyclic) bond motifs is 1. The summed E-state index contributed by atoms with van der Waals surface area (Å²) >= 11 is 0. The molecule has 90 valence electrons. The van der Waals surface area contributed by atoms with E-state index in [-0.39, 0.29) is 0 Å². The third-order valence-electron chi connectivity index (χ3n) is 2.03. The molecule has 1 aromatic heterocycles. The van der Waals surface area contributed by atoms with Crippen LogP contribution in [0.3, 0.4) is 0 Å². The molecule has 0 bridgehead atoms. The Bertz CT molecular complexity index is 788. The molecule has 2 aromatic rings. The summed E-state index contributed by atoms with van der Waals surface area (Å²) in [7, 11) is -3.38. The first-order valence-corrected chi connectivity index (χ1v) is 6.48. The summed E-state index contributed by atoms with van der Waals surface area (Å²) < 4.78 is 24.3. The first-order chi connectivity index (χ1) is 7.85. The highest BCUT2D eigenvalue weighted by Crippen LogP contribution is 2.14. The lowest BCUT2D eigenvalue weighted by molar-refractivity contribution is 0.607. The van der Waals surface area contributed by atoms with E-state index in [4.69, 9.17) is 0 Å². The van der Waals surface area contributed by atoms with E-state index in [2.05, 4.69) is 14.7 Å². The van der Waals surface area contributed by atoms with Gasteiger partial charge in [-0.05, 0) is 18.2 Å². The fraction of sp³-hybridized carbons (Fsp3) is 0.111. The number of hydrogen-bond donors (Lipinski definition) is 3. The average molecular weight is 255 g/mol. The standard InChI is InChI=1S/C9H9N3O4S/c1-17(15,16)12-5-2-3-6-7(4-5)11-9(14)8(13)10-6/h2-4,12H,1H3,(H,10,13)(H,11,14). The molecule has 0 unspecified atom stereocenters. The zero-order valence-corrected chi connectivity index (χ0v) is 9.59. The molecular weight excluding hydrogens is 246 g/mol. The highest BCUT2D eigenvalue weighted by Gasteiger charge is 2.04. The van der Waals surface area contributed by atoms with E-state index in [1.54, 1.807) is 0 Å². The molecule has 0 atom stereocenters. The van der Waals surface area contributed by atoms with Crippen molar-refractivity contribution in [2.24, 2.45) is 0 Å². The van der Waals surface area contributed by atoms with Crippen LogP contribution in [0.4, 0.5) is 5.69 Å². The first-order valence-electron chi connectivity index (χ1n) is 4.59. The van der Waals surface area contributed by atoms with Gasteiger partial charge in [0, 0.05) is 0 Å². The van der Waals surface area contributed by atoms with Gasteiger partial charge in [0.05, 0.1) is 23.0 Å². The second kappa shape index (κ2) is 3.74. The molecule has 0 fully saturated rings. The van der Waals surface area contributed by atoms with Crippen molar-refractivity contribution in [2.75, 3.05) is 11.0 Å². The van der Waals surface area contributed by atoms with E-state index in [1.165, 1.54) is 18.2 Å². The van der Waals surface area contributed by atoms with Crippen molar-refractivity contribution < 1.29 is 8.42 Å². The summed E-state index contributed by atoms with van der Waals surface area (Å²) in [5.41, 5.74) is -0.449. The Hall–Kier alpha value is -2.09. The largest absolute Gasteiger partial charge is 0.316 e. The lowest BCUT2D eigenvalue weighted by Gasteiger charge is -2.04. The van der Waals surface area contributed by atoms with Gasteiger partial charge in [0.2, 0.25) is 10.0 Å². The topological polar surface area (TPSA) is 112 Å². The molecule has 8 heteroatoms. The number of rotatable bonds is 2. The minimum absolute atomic E-state index is 0.308. The van der Waals surface area contributed by atoms with E-state index >= 15 is 0 Å². The van der Waals surface area contributed by atoms with Crippen LogP contribution in [0.25, 0.3) is 11.0 Å². The molecule has 0 spiro atoms. The molecule has 0 saturated carbocycles. The second-order valence-corrected chi connectivity index (χ2v) is 5.29. The Morgan fingerprint density at radius 2 is 1.65 bits per heavy atom. The van der Waals surface area contributed by atoms with E-state index in [1.807, 2.05) is 0 Å². The average Bonchev–Trinajstić information content (AvgIpc) is 2.18. The van der Waals surface area contributed by atoms with Gasteiger partial charge in [-0.25, -0.2) is 8.42 Å².